The van der Waals surface area contributed by atoms with Gasteiger partial charge in [0.1, 0.15) is 0 Å². The van der Waals surface area contributed by atoms with E-state index in [1.807, 2.05) is 0 Å². The third-order valence-corrected chi connectivity index (χ3v) is 6.06. The highest BCUT2D eigenvalue weighted by Gasteiger charge is 2.18. The molecule has 0 radical (unpaired) electrons. The second-order valence-corrected chi connectivity index (χ2v) is 9.31. The lowest BCUT2D eigenvalue weighted by Crippen LogP contribution is -2.29. The largest absolute Gasteiger partial charge is 0.493 e. The van der Waals surface area contributed by atoms with E-state index >= 15 is 0 Å². The standard InChI is InChI=1S/C23H23ClN2O5S/c1-30-21-12-11-19(14-22(21)31-2)25-23(27)17-9-7-16(8-10-17)15-26(32(3,28)29)20-6-4-5-18(24)13-20/h4-14H,15H2,1-3H3,(H,25,27). The van der Waals surface area contributed by atoms with Gasteiger partial charge in [0, 0.05) is 22.3 Å². The number of ether oxygens (including phenoxy) is 2. The monoisotopic (exact) mass is 474 g/mol. The molecule has 0 spiro atoms. The zero-order valence-corrected chi connectivity index (χ0v) is 19.4. The van der Waals surface area contributed by atoms with E-state index in [9.17, 15) is 13.2 Å². The van der Waals surface area contributed by atoms with Gasteiger partial charge in [-0.05, 0) is 48.0 Å². The first kappa shape index (κ1) is 23.4. The van der Waals surface area contributed by atoms with Crippen molar-refractivity contribution in [3.8, 4) is 11.5 Å². The van der Waals surface area contributed by atoms with Crippen molar-refractivity contribution in [2.45, 2.75) is 6.54 Å². The van der Waals surface area contributed by atoms with Crippen LogP contribution in [0.3, 0.4) is 0 Å². The Hall–Kier alpha value is -3.23. The van der Waals surface area contributed by atoms with Crippen molar-refractivity contribution >= 4 is 38.9 Å². The third kappa shape index (κ3) is 5.72. The summed E-state index contributed by atoms with van der Waals surface area (Å²) in [6, 6.07) is 18.4. The van der Waals surface area contributed by atoms with Crippen LogP contribution in [0.1, 0.15) is 15.9 Å². The molecule has 0 atom stereocenters. The van der Waals surface area contributed by atoms with Crippen LogP contribution >= 0.6 is 11.6 Å². The summed E-state index contributed by atoms with van der Waals surface area (Å²) in [6.45, 7) is 0.108. The molecule has 0 aliphatic rings. The topological polar surface area (TPSA) is 84.9 Å². The SMILES string of the molecule is COc1ccc(NC(=O)c2ccc(CN(c3cccc(Cl)c3)S(C)(=O)=O)cc2)cc1OC. The fourth-order valence-electron chi connectivity index (χ4n) is 3.08. The lowest BCUT2D eigenvalue weighted by atomic mass is 10.1. The molecule has 0 bridgehead atoms. The molecule has 168 valence electrons. The summed E-state index contributed by atoms with van der Waals surface area (Å²) in [6.07, 6.45) is 1.14. The normalized spacial score (nSPS) is 11.0. The van der Waals surface area contributed by atoms with Crippen molar-refractivity contribution < 1.29 is 22.7 Å². The average molecular weight is 475 g/mol. The quantitative estimate of drug-likeness (QED) is 0.516. The van der Waals surface area contributed by atoms with Crippen molar-refractivity contribution in [2.75, 3.05) is 30.1 Å². The zero-order chi connectivity index (χ0) is 23.3. The second kappa shape index (κ2) is 9.93. The Labute approximate surface area is 192 Å². The van der Waals surface area contributed by atoms with E-state index in [0.29, 0.717) is 33.5 Å². The van der Waals surface area contributed by atoms with Gasteiger partial charge < -0.3 is 14.8 Å². The van der Waals surface area contributed by atoms with E-state index in [-0.39, 0.29) is 12.5 Å². The Morgan fingerprint density at radius 1 is 0.969 bits per heavy atom. The first-order chi connectivity index (χ1) is 15.2. The van der Waals surface area contributed by atoms with Gasteiger partial charge in [-0.25, -0.2) is 8.42 Å². The first-order valence-corrected chi connectivity index (χ1v) is 11.8. The van der Waals surface area contributed by atoms with Gasteiger partial charge in [-0.2, -0.15) is 0 Å². The fraction of sp³-hybridized carbons (Fsp3) is 0.174. The molecule has 3 aromatic rings. The Kier molecular flexibility index (Phi) is 7.27. The number of hydrogen-bond acceptors (Lipinski definition) is 5. The number of nitrogens with one attached hydrogen (secondary N) is 1. The van der Waals surface area contributed by atoms with Crippen molar-refractivity contribution in [2.24, 2.45) is 0 Å². The molecule has 3 rings (SSSR count). The van der Waals surface area contributed by atoms with Crippen LogP contribution in [0.15, 0.2) is 66.7 Å². The van der Waals surface area contributed by atoms with Gasteiger partial charge in [0.15, 0.2) is 11.5 Å². The van der Waals surface area contributed by atoms with E-state index in [1.54, 1.807) is 66.7 Å². The van der Waals surface area contributed by atoms with Gasteiger partial charge in [0.25, 0.3) is 5.91 Å². The molecule has 32 heavy (non-hydrogen) atoms. The molecule has 0 fully saturated rings. The van der Waals surface area contributed by atoms with Crippen molar-refractivity contribution in [3.05, 3.63) is 82.9 Å². The molecule has 1 amide bonds. The number of amides is 1. The highest BCUT2D eigenvalue weighted by molar-refractivity contribution is 7.92. The van der Waals surface area contributed by atoms with E-state index in [4.69, 9.17) is 21.1 Å². The van der Waals surface area contributed by atoms with Crippen LogP contribution in [0.25, 0.3) is 0 Å². The summed E-state index contributed by atoms with van der Waals surface area (Å²) in [4.78, 5) is 12.6. The minimum absolute atomic E-state index is 0.108. The lowest BCUT2D eigenvalue weighted by molar-refractivity contribution is 0.102. The zero-order valence-electron chi connectivity index (χ0n) is 17.8. The molecule has 7 nitrogen and oxygen atoms in total. The van der Waals surface area contributed by atoms with Crippen LogP contribution < -0.4 is 19.1 Å². The molecule has 1 N–H and O–H groups in total. The predicted molar refractivity (Wildman–Crippen MR) is 126 cm³/mol. The van der Waals surface area contributed by atoms with Crippen molar-refractivity contribution in [1.82, 2.24) is 0 Å². The average Bonchev–Trinajstić information content (AvgIpc) is 2.77. The van der Waals surface area contributed by atoms with E-state index in [1.165, 1.54) is 18.5 Å². The minimum atomic E-state index is -3.54. The molecule has 0 saturated heterocycles. The Morgan fingerprint density at radius 2 is 1.66 bits per heavy atom. The predicted octanol–water partition coefficient (Wildman–Crippen LogP) is 4.58. The molecule has 3 aromatic carbocycles. The molecule has 0 aromatic heterocycles. The van der Waals surface area contributed by atoms with Gasteiger partial charge in [-0.1, -0.05) is 29.8 Å². The maximum atomic E-state index is 12.6. The Bertz CT molecular complexity index is 1210. The highest BCUT2D eigenvalue weighted by atomic mass is 35.5. The van der Waals surface area contributed by atoms with E-state index in [2.05, 4.69) is 5.32 Å². The highest BCUT2D eigenvalue weighted by Crippen LogP contribution is 2.30. The second-order valence-electron chi connectivity index (χ2n) is 6.97. The van der Waals surface area contributed by atoms with Crippen molar-refractivity contribution in [3.63, 3.8) is 0 Å². The molecular formula is C23H23ClN2O5S. The maximum Gasteiger partial charge on any atom is 0.255 e. The van der Waals surface area contributed by atoms with Crippen LogP contribution in [-0.2, 0) is 16.6 Å². The molecular weight excluding hydrogens is 452 g/mol. The summed E-state index contributed by atoms with van der Waals surface area (Å²) in [7, 11) is -0.483. The van der Waals surface area contributed by atoms with Crippen LogP contribution in [0.2, 0.25) is 5.02 Å². The summed E-state index contributed by atoms with van der Waals surface area (Å²) < 4.78 is 36.4. The number of hydrogen-bond donors (Lipinski definition) is 1. The molecule has 0 unspecified atom stereocenters. The van der Waals surface area contributed by atoms with Crippen LogP contribution in [0.5, 0.6) is 11.5 Å². The molecule has 0 aliphatic heterocycles. The van der Waals surface area contributed by atoms with E-state index in [0.717, 1.165) is 11.8 Å². The van der Waals surface area contributed by atoms with Gasteiger partial charge in [-0.3, -0.25) is 9.10 Å². The third-order valence-electron chi connectivity index (χ3n) is 4.68. The summed E-state index contributed by atoms with van der Waals surface area (Å²) in [5.41, 5.74) is 2.17. The Balaban J connectivity index is 1.76. The molecule has 0 saturated carbocycles. The van der Waals surface area contributed by atoms with Gasteiger partial charge in [-0.15, -0.1) is 0 Å². The van der Waals surface area contributed by atoms with Crippen LogP contribution in [-0.4, -0.2) is 34.8 Å². The summed E-state index contributed by atoms with van der Waals surface area (Å²) in [5, 5.41) is 3.25. The smallest absolute Gasteiger partial charge is 0.255 e. The number of nitrogens with zero attached hydrogens (tertiary/aromatic N) is 1. The first-order valence-electron chi connectivity index (χ1n) is 9.57. The number of carbonyl (C=O) groups excluding carboxylic acids is 1. The maximum absolute atomic E-state index is 12.6. The number of halogens is 1. The van der Waals surface area contributed by atoms with Crippen LogP contribution in [0, 0.1) is 0 Å². The summed E-state index contributed by atoms with van der Waals surface area (Å²) >= 11 is 6.02. The fourth-order valence-corrected chi connectivity index (χ4v) is 4.14. The lowest BCUT2D eigenvalue weighted by Gasteiger charge is -2.22. The number of rotatable bonds is 8. The van der Waals surface area contributed by atoms with Gasteiger partial charge in [0.05, 0.1) is 32.7 Å². The van der Waals surface area contributed by atoms with E-state index < -0.39 is 10.0 Å². The Morgan fingerprint density at radius 3 is 2.25 bits per heavy atom. The number of sulfonamides is 1. The number of carbonyl (C=O) groups is 1. The van der Waals surface area contributed by atoms with Crippen LogP contribution in [0.4, 0.5) is 11.4 Å². The summed E-state index contributed by atoms with van der Waals surface area (Å²) in [5.74, 6) is 0.756. The number of anilines is 2. The van der Waals surface area contributed by atoms with Crippen molar-refractivity contribution in [1.29, 1.82) is 0 Å². The molecule has 9 heteroatoms. The van der Waals surface area contributed by atoms with Gasteiger partial charge >= 0.3 is 0 Å². The number of benzene rings is 3. The van der Waals surface area contributed by atoms with Gasteiger partial charge in [0.2, 0.25) is 10.0 Å². The number of methoxy groups -OCH3 is 2. The minimum Gasteiger partial charge on any atom is -0.493 e. The molecule has 0 heterocycles. The molecule has 0 aliphatic carbocycles.